The number of hydrogen-bond acceptors (Lipinski definition) is 3. The van der Waals surface area contributed by atoms with Crippen LogP contribution in [0.2, 0.25) is 0 Å². The number of aliphatic carboxylic acids is 1. The third kappa shape index (κ3) is 5.16. The van der Waals surface area contributed by atoms with Gasteiger partial charge >= 0.3 is 5.97 Å². The lowest BCUT2D eigenvalue weighted by molar-refractivity contribution is -0.144. The quantitative estimate of drug-likeness (QED) is 0.813. The van der Waals surface area contributed by atoms with Crippen molar-refractivity contribution in [3.8, 4) is 0 Å². The van der Waals surface area contributed by atoms with Crippen molar-refractivity contribution in [3.05, 3.63) is 0 Å². The molecule has 1 amide bonds. The first kappa shape index (κ1) is 18.2. The Balaban J connectivity index is 1.79. The Morgan fingerprint density at radius 2 is 1.91 bits per heavy atom. The van der Waals surface area contributed by atoms with Crippen LogP contribution >= 0.6 is 0 Å². The molecule has 1 saturated carbocycles. The summed E-state index contributed by atoms with van der Waals surface area (Å²) in [6.07, 6.45) is 2.56. The fourth-order valence-corrected chi connectivity index (χ4v) is 3.51. The molecular weight excluding hydrogens is 301 g/mol. The van der Waals surface area contributed by atoms with Gasteiger partial charge < -0.3 is 14.7 Å². The number of rotatable bonds is 6. The van der Waals surface area contributed by atoms with Crippen LogP contribution in [0.5, 0.6) is 0 Å². The van der Waals surface area contributed by atoms with Crippen molar-refractivity contribution in [1.82, 2.24) is 4.90 Å². The summed E-state index contributed by atoms with van der Waals surface area (Å²) in [5.41, 5.74) is 0. The minimum atomic E-state index is -0.970. The number of halogens is 1. The molecule has 2 fully saturated rings. The van der Waals surface area contributed by atoms with Crippen LogP contribution < -0.4 is 0 Å². The maximum absolute atomic E-state index is 13.7. The molecule has 1 aliphatic heterocycles. The summed E-state index contributed by atoms with van der Waals surface area (Å²) in [6, 6.07) is -0.187. The zero-order chi connectivity index (χ0) is 17.0. The summed E-state index contributed by atoms with van der Waals surface area (Å²) in [5, 5.41) is 9.00. The molecule has 6 heteroatoms. The lowest BCUT2D eigenvalue weighted by atomic mass is 9.87. The van der Waals surface area contributed by atoms with Crippen LogP contribution in [0.4, 0.5) is 4.39 Å². The van der Waals surface area contributed by atoms with Crippen molar-refractivity contribution in [2.75, 3.05) is 13.2 Å². The van der Waals surface area contributed by atoms with E-state index in [0.717, 1.165) is 12.8 Å². The normalized spacial score (nSPS) is 31.6. The summed E-state index contributed by atoms with van der Waals surface area (Å²) < 4.78 is 19.6. The Labute approximate surface area is 137 Å². The smallest absolute Gasteiger partial charge is 0.306 e. The van der Waals surface area contributed by atoms with Crippen molar-refractivity contribution in [2.24, 2.45) is 11.8 Å². The van der Waals surface area contributed by atoms with Gasteiger partial charge in [-0.1, -0.05) is 13.8 Å². The molecule has 0 unspecified atom stereocenters. The van der Waals surface area contributed by atoms with Crippen molar-refractivity contribution in [1.29, 1.82) is 0 Å². The minimum absolute atomic E-state index is 0.00309. The van der Waals surface area contributed by atoms with Gasteiger partial charge in [0.2, 0.25) is 5.91 Å². The highest BCUT2D eigenvalue weighted by molar-refractivity contribution is 5.77. The molecule has 1 saturated heterocycles. The first-order valence-electron chi connectivity index (χ1n) is 8.64. The number of carboxylic acid groups (broad SMARTS) is 1. The lowest BCUT2D eigenvalue weighted by Gasteiger charge is -2.30. The zero-order valence-electron chi connectivity index (χ0n) is 14.0. The number of ether oxygens (including phenoxy) is 1. The van der Waals surface area contributed by atoms with E-state index in [9.17, 15) is 14.0 Å². The van der Waals surface area contributed by atoms with E-state index in [0.29, 0.717) is 32.3 Å². The Morgan fingerprint density at radius 1 is 1.26 bits per heavy atom. The second-order valence-corrected chi connectivity index (χ2v) is 7.28. The Bertz CT molecular complexity index is 421. The van der Waals surface area contributed by atoms with Gasteiger partial charge in [-0.05, 0) is 31.6 Å². The molecule has 1 aliphatic carbocycles. The van der Waals surface area contributed by atoms with Crippen molar-refractivity contribution >= 4 is 11.9 Å². The second kappa shape index (κ2) is 8.08. The van der Waals surface area contributed by atoms with E-state index in [1.165, 1.54) is 0 Å². The van der Waals surface area contributed by atoms with Gasteiger partial charge in [0.1, 0.15) is 6.17 Å². The molecule has 0 aromatic carbocycles. The van der Waals surface area contributed by atoms with Gasteiger partial charge in [-0.3, -0.25) is 9.59 Å². The monoisotopic (exact) mass is 329 g/mol. The number of alkyl halides is 1. The molecule has 1 heterocycles. The van der Waals surface area contributed by atoms with Crippen LogP contribution in [0.3, 0.4) is 0 Å². The standard InChI is InChI=1S/C17H28FNO4/c1-11(2)7-16(20)19-9-13(18)8-14(19)10-23-15-5-3-12(4-6-15)17(21)22/h11-15H,3-10H2,1-2H3,(H,21,22)/t12?,13-,14-,15?/m0/s1. The lowest BCUT2D eigenvalue weighted by Crippen LogP contribution is -2.40. The molecule has 0 spiro atoms. The predicted molar refractivity (Wildman–Crippen MR) is 83.8 cm³/mol. The van der Waals surface area contributed by atoms with Crippen LogP contribution in [0.15, 0.2) is 0 Å². The molecule has 0 aromatic heterocycles. The van der Waals surface area contributed by atoms with Gasteiger partial charge in [0.25, 0.3) is 0 Å². The first-order valence-corrected chi connectivity index (χ1v) is 8.64. The van der Waals surface area contributed by atoms with Crippen molar-refractivity contribution < 1.29 is 23.8 Å². The van der Waals surface area contributed by atoms with Gasteiger partial charge in [0, 0.05) is 12.8 Å². The van der Waals surface area contributed by atoms with Crippen molar-refractivity contribution in [2.45, 2.75) is 70.7 Å². The topological polar surface area (TPSA) is 66.8 Å². The molecule has 2 aliphatic rings. The third-order valence-electron chi connectivity index (χ3n) is 4.81. The SMILES string of the molecule is CC(C)CC(=O)N1C[C@@H](F)C[C@H]1COC1CCC(C(=O)O)CC1. The highest BCUT2D eigenvalue weighted by atomic mass is 19.1. The summed E-state index contributed by atoms with van der Waals surface area (Å²) in [7, 11) is 0. The van der Waals surface area contributed by atoms with Gasteiger partial charge in [0.05, 0.1) is 31.2 Å². The number of likely N-dealkylation sites (tertiary alicyclic amines) is 1. The van der Waals surface area contributed by atoms with Gasteiger partial charge in [-0.2, -0.15) is 0 Å². The number of carbonyl (C=O) groups is 2. The summed E-state index contributed by atoms with van der Waals surface area (Å²) >= 11 is 0. The second-order valence-electron chi connectivity index (χ2n) is 7.28. The van der Waals surface area contributed by atoms with Crippen molar-refractivity contribution in [3.63, 3.8) is 0 Å². The van der Waals surface area contributed by atoms with E-state index in [2.05, 4.69) is 0 Å². The largest absolute Gasteiger partial charge is 0.481 e. The average molecular weight is 329 g/mol. The molecule has 132 valence electrons. The van der Waals surface area contributed by atoms with Crippen LogP contribution in [0, 0.1) is 11.8 Å². The molecule has 2 rings (SSSR count). The van der Waals surface area contributed by atoms with E-state index in [1.54, 1.807) is 4.90 Å². The first-order chi connectivity index (χ1) is 10.9. The summed E-state index contributed by atoms with van der Waals surface area (Å²) in [5.74, 6) is -0.733. The van der Waals surface area contributed by atoms with Crippen LogP contribution in [-0.4, -0.2) is 53.4 Å². The highest BCUT2D eigenvalue weighted by Crippen LogP contribution is 2.28. The molecule has 0 aromatic rings. The molecule has 5 nitrogen and oxygen atoms in total. The molecule has 23 heavy (non-hydrogen) atoms. The Morgan fingerprint density at radius 3 is 2.48 bits per heavy atom. The van der Waals surface area contributed by atoms with Crippen LogP contribution in [0.25, 0.3) is 0 Å². The Hall–Kier alpha value is -1.17. The number of carbonyl (C=O) groups excluding carboxylic acids is 1. The average Bonchev–Trinajstić information content (AvgIpc) is 2.86. The summed E-state index contributed by atoms with van der Waals surface area (Å²) in [4.78, 5) is 24.8. The van der Waals surface area contributed by atoms with E-state index in [1.807, 2.05) is 13.8 Å². The van der Waals surface area contributed by atoms with Gasteiger partial charge in [-0.25, -0.2) is 4.39 Å². The fourth-order valence-electron chi connectivity index (χ4n) is 3.51. The number of nitrogens with zero attached hydrogens (tertiary/aromatic N) is 1. The zero-order valence-corrected chi connectivity index (χ0v) is 14.0. The molecule has 2 atom stereocenters. The maximum Gasteiger partial charge on any atom is 0.306 e. The van der Waals surface area contributed by atoms with Crippen LogP contribution in [0.1, 0.15) is 52.4 Å². The predicted octanol–water partition coefficient (Wildman–Crippen LogP) is 2.63. The Kier molecular flexibility index (Phi) is 6.39. The number of amides is 1. The molecular formula is C17H28FNO4. The third-order valence-corrected chi connectivity index (χ3v) is 4.81. The minimum Gasteiger partial charge on any atom is -0.481 e. The van der Waals surface area contributed by atoms with E-state index >= 15 is 0 Å². The van der Waals surface area contributed by atoms with E-state index < -0.39 is 12.1 Å². The van der Waals surface area contributed by atoms with E-state index in [4.69, 9.17) is 9.84 Å². The van der Waals surface area contributed by atoms with Gasteiger partial charge in [-0.15, -0.1) is 0 Å². The number of hydrogen-bond donors (Lipinski definition) is 1. The molecule has 1 N–H and O–H groups in total. The molecule has 0 radical (unpaired) electrons. The summed E-state index contributed by atoms with van der Waals surface area (Å²) in [6.45, 7) is 4.48. The van der Waals surface area contributed by atoms with E-state index in [-0.39, 0.29) is 36.4 Å². The highest BCUT2D eigenvalue weighted by Gasteiger charge is 2.36. The maximum atomic E-state index is 13.7. The molecule has 0 bridgehead atoms. The number of carboxylic acids is 1. The van der Waals surface area contributed by atoms with Crippen LogP contribution in [-0.2, 0) is 14.3 Å². The fraction of sp³-hybridized carbons (Fsp3) is 0.882. The van der Waals surface area contributed by atoms with Gasteiger partial charge in [0.15, 0.2) is 0 Å².